The summed E-state index contributed by atoms with van der Waals surface area (Å²) in [5.74, 6) is 2.59. The molecule has 0 amide bonds. The SMILES string of the molecule is c1ncc(CN2CCCSCC2)[nH]1. The van der Waals surface area contributed by atoms with E-state index in [-0.39, 0.29) is 0 Å². The molecule has 1 aromatic heterocycles. The number of hydrogen-bond acceptors (Lipinski definition) is 3. The first-order chi connectivity index (χ1) is 6.45. The third kappa shape index (κ3) is 2.74. The van der Waals surface area contributed by atoms with E-state index in [1.54, 1.807) is 6.33 Å². The number of nitrogens with zero attached hydrogens (tertiary/aromatic N) is 2. The summed E-state index contributed by atoms with van der Waals surface area (Å²) in [4.78, 5) is 9.66. The summed E-state index contributed by atoms with van der Waals surface area (Å²) in [7, 11) is 0. The third-order valence-electron chi connectivity index (χ3n) is 2.26. The van der Waals surface area contributed by atoms with Gasteiger partial charge in [0.2, 0.25) is 0 Å². The summed E-state index contributed by atoms with van der Waals surface area (Å²) in [6, 6.07) is 0. The Balaban J connectivity index is 1.86. The van der Waals surface area contributed by atoms with Gasteiger partial charge in [-0.1, -0.05) is 0 Å². The molecule has 72 valence electrons. The summed E-state index contributed by atoms with van der Waals surface area (Å²) >= 11 is 2.06. The molecule has 2 heterocycles. The highest BCUT2D eigenvalue weighted by Gasteiger charge is 2.09. The quantitative estimate of drug-likeness (QED) is 0.776. The van der Waals surface area contributed by atoms with Crippen LogP contribution in [0.3, 0.4) is 0 Å². The number of imidazole rings is 1. The van der Waals surface area contributed by atoms with E-state index in [1.807, 2.05) is 6.20 Å². The number of nitrogens with one attached hydrogen (secondary N) is 1. The van der Waals surface area contributed by atoms with Crippen molar-refractivity contribution in [1.82, 2.24) is 14.9 Å². The number of H-pyrrole nitrogens is 1. The van der Waals surface area contributed by atoms with Crippen LogP contribution in [0.25, 0.3) is 0 Å². The van der Waals surface area contributed by atoms with Crippen molar-refractivity contribution in [1.29, 1.82) is 0 Å². The Kier molecular flexibility index (Phi) is 3.27. The maximum Gasteiger partial charge on any atom is 0.0922 e. The maximum absolute atomic E-state index is 4.02. The Labute approximate surface area is 82.9 Å². The van der Waals surface area contributed by atoms with Crippen molar-refractivity contribution in [3.05, 3.63) is 18.2 Å². The molecule has 1 fully saturated rings. The van der Waals surface area contributed by atoms with Crippen molar-refractivity contribution >= 4 is 11.8 Å². The van der Waals surface area contributed by atoms with E-state index >= 15 is 0 Å². The molecule has 0 saturated carbocycles. The zero-order valence-corrected chi connectivity index (χ0v) is 8.52. The van der Waals surface area contributed by atoms with Crippen LogP contribution in [-0.4, -0.2) is 39.5 Å². The predicted molar refractivity (Wildman–Crippen MR) is 55.8 cm³/mol. The van der Waals surface area contributed by atoms with Crippen molar-refractivity contribution in [2.45, 2.75) is 13.0 Å². The largest absolute Gasteiger partial charge is 0.347 e. The molecule has 1 aromatic rings. The van der Waals surface area contributed by atoms with Gasteiger partial charge in [0.1, 0.15) is 0 Å². The van der Waals surface area contributed by atoms with E-state index in [9.17, 15) is 0 Å². The van der Waals surface area contributed by atoms with Crippen LogP contribution in [-0.2, 0) is 6.54 Å². The highest BCUT2D eigenvalue weighted by Crippen LogP contribution is 2.11. The predicted octanol–water partition coefficient (Wildman–Crippen LogP) is 1.35. The second-order valence-electron chi connectivity index (χ2n) is 3.32. The van der Waals surface area contributed by atoms with Crippen molar-refractivity contribution < 1.29 is 0 Å². The fourth-order valence-corrected chi connectivity index (χ4v) is 2.49. The van der Waals surface area contributed by atoms with Gasteiger partial charge in [0.05, 0.1) is 6.33 Å². The number of aromatic amines is 1. The summed E-state index contributed by atoms with van der Waals surface area (Å²) in [5, 5.41) is 0. The lowest BCUT2D eigenvalue weighted by Crippen LogP contribution is -2.25. The average molecular weight is 197 g/mol. The van der Waals surface area contributed by atoms with Crippen LogP contribution in [0.4, 0.5) is 0 Å². The van der Waals surface area contributed by atoms with Gasteiger partial charge < -0.3 is 4.98 Å². The molecule has 1 aliphatic heterocycles. The molecule has 0 spiro atoms. The van der Waals surface area contributed by atoms with E-state index in [4.69, 9.17) is 0 Å². The minimum absolute atomic E-state index is 1.03. The zero-order chi connectivity index (χ0) is 8.93. The minimum Gasteiger partial charge on any atom is -0.347 e. The number of aromatic nitrogens is 2. The van der Waals surface area contributed by atoms with Gasteiger partial charge in [-0.3, -0.25) is 4.90 Å². The summed E-state index contributed by atoms with van der Waals surface area (Å²) in [6.45, 7) is 3.47. The maximum atomic E-state index is 4.02. The Bertz CT molecular complexity index is 227. The highest BCUT2D eigenvalue weighted by atomic mass is 32.2. The van der Waals surface area contributed by atoms with Crippen LogP contribution in [0, 0.1) is 0 Å². The molecule has 0 atom stereocenters. The van der Waals surface area contributed by atoms with Crippen LogP contribution in [0.1, 0.15) is 12.1 Å². The highest BCUT2D eigenvalue weighted by molar-refractivity contribution is 7.99. The van der Waals surface area contributed by atoms with Crippen LogP contribution in [0.5, 0.6) is 0 Å². The molecule has 0 bridgehead atoms. The Hall–Kier alpha value is -0.480. The Morgan fingerprint density at radius 1 is 1.46 bits per heavy atom. The standard InChI is InChI=1S/C9H15N3S/c1-2-12(3-5-13-4-1)7-9-6-10-8-11-9/h6,8H,1-5,7H2,(H,10,11). The van der Waals surface area contributed by atoms with Crippen LogP contribution < -0.4 is 0 Å². The molecule has 2 rings (SSSR count). The topological polar surface area (TPSA) is 31.9 Å². The third-order valence-corrected chi connectivity index (χ3v) is 3.31. The summed E-state index contributed by atoms with van der Waals surface area (Å²) in [5.41, 5.74) is 1.23. The van der Waals surface area contributed by atoms with Gasteiger partial charge in [-0.05, 0) is 18.7 Å². The number of thioether (sulfide) groups is 1. The van der Waals surface area contributed by atoms with Gasteiger partial charge in [-0.2, -0.15) is 11.8 Å². The molecule has 1 N–H and O–H groups in total. The van der Waals surface area contributed by atoms with E-state index < -0.39 is 0 Å². The minimum atomic E-state index is 1.03. The lowest BCUT2D eigenvalue weighted by Gasteiger charge is -2.17. The van der Waals surface area contributed by atoms with Crippen molar-refractivity contribution in [3.63, 3.8) is 0 Å². The first kappa shape index (κ1) is 9.09. The summed E-state index contributed by atoms with van der Waals surface area (Å²) < 4.78 is 0. The molecule has 13 heavy (non-hydrogen) atoms. The van der Waals surface area contributed by atoms with Crippen molar-refractivity contribution in [3.8, 4) is 0 Å². The lowest BCUT2D eigenvalue weighted by atomic mass is 10.3. The van der Waals surface area contributed by atoms with E-state index in [1.165, 1.54) is 36.7 Å². The fourth-order valence-electron chi connectivity index (χ4n) is 1.57. The van der Waals surface area contributed by atoms with E-state index in [2.05, 4.69) is 26.6 Å². The monoisotopic (exact) mass is 197 g/mol. The normalized spacial score (nSPS) is 20.0. The molecule has 0 unspecified atom stereocenters. The molecule has 0 aliphatic carbocycles. The Morgan fingerprint density at radius 2 is 2.46 bits per heavy atom. The van der Waals surface area contributed by atoms with Crippen molar-refractivity contribution in [2.75, 3.05) is 24.6 Å². The smallest absolute Gasteiger partial charge is 0.0922 e. The second-order valence-corrected chi connectivity index (χ2v) is 4.54. The molecule has 4 heteroatoms. The van der Waals surface area contributed by atoms with E-state index in [0.29, 0.717) is 0 Å². The van der Waals surface area contributed by atoms with Gasteiger partial charge in [0.15, 0.2) is 0 Å². The van der Waals surface area contributed by atoms with Gasteiger partial charge in [0, 0.05) is 30.7 Å². The molecule has 1 aliphatic rings. The average Bonchev–Trinajstić information content (AvgIpc) is 2.49. The van der Waals surface area contributed by atoms with Crippen LogP contribution in [0.2, 0.25) is 0 Å². The lowest BCUT2D eigenvalue weighted by molar-refractivity contribution is 0.284. The Morgan fingerprint density at radius 3 is 3.31 bits per heavy atom. The van der Waals surface area contributed by atoms with Gasteiger partial charge in [-0.15, -0.1) is 0 Å². The van der Waals surface area contributed by atoms with Crippen LogP contribution in [0.15, 0.2) is 12.5 Å². The van der Waals surface area contributed by atoms with Gasteiger partial charge in [-0.25, -0.2) is 4.98 Å². The molecule has 0 radical (unpaired) electrons. The van der Waals surface area contributed by atoms with Gasteiger partial charge in [0.25, 0.3) is 0 Å². The van der Waals surface area contributed by atoms with Crippen molar-refractivity contribution in [2.24, 2.45) is 0 Å². The first-order valence-electron chi connectivity index (χ1n) is 4.72. The molecule has 0 aromatic carbocycles. The molecular weight excluding hydrogens is 182 g/mol. The fraction of sp³-hybridized carbons (Fsp3) is 0.667. The molecular formula is C9H15N3S. The zero-order valence-electron chi connectivity index (χ0n) is 7.70. The number of hydrogen-bond donors (Lipinski definition) is 1. The van der Waals surface area contributed by atoms with E-state index in [0.717, 1.165) is 6.54 Å². The number of rotatable bonds is 2. The van der Waals surface area contributed by atoms with Gasteiger partial charge >= 0.3 is 0 Å². The molecule has 3 nitrogen and oxygen atoms in total. The van der Waals surface area contributed by atoms with Crippen LogP contribution >= 0.6 is 11.8 Å². The summed E-state index contributed by atoms with van der Waals surface area (Å²) in [6.07, 6.45) is 4.98. The molecule has 1 saturated heterocycles. The first-order valence-corrected chi connectivity index (χ1v) is 5.88. The second kappa shape index (κ2) is 4.67.